The van der Waals surface area contributed by atoms with Crippen LogP contribution in [0.3, 0.4) is 0 Å². The Morgan fingerprint density at radius 1 is 1.06 bits per heavy atom. The van der Waals surface area contributed by atoms with Crippen LogP contribution in [0, 0.1) is 0 Å². The van der Waals surface area contributed by atoms with Crippen LogP contribution in [-0.2, 0) is 6.54 Å². The number of nitrogens with one attached hydrogen (secondary N) is 1. The zero-order chi connectivity index (χ0) is 13.2. The molecule has 1 aromatic rings. The first kappa shape index (κ1) is 15.0. The normalized spacial score (nSPS) is 10.9. The Bertz CT molecular complexity index is 319. The molecule has 0 radical (unpaired) electrons. The number of hydrogen-bond acceptors (Lipinski definition) is 3. The van der Waals surface area contributed by atoms with Crippen molar-refractivity contribution in [2.45, 2.75) is 46.6 Å². The molecule has 0 saturated heterocycles. The van der Waals surface area contributed by atoms with Gasteiger partial charge in [-0.05, 0) is 44.5 Å². The third kappa shape index (κ3) is 5.50. The van der Waals surface area contributed by atoms with E-state index in [2.05, 4.69) is 48.1 Å². The van der Waals surface area contributed by atoms with Gasteiger partial charge < -0.3 is 5.32 Å². The van der Waals surface area contributed by atoms with Gasteiger partial charge in [0.1, 0.15) is 5.82 Å². The molecule has 0 amide bonds. The molecule has 0 aliphatic carbocycles. The molecule has 0 spiro atoms. The Kier molecular flexibility index (Phi) is 7.42. The van der Waals surface area contributed by atoms with E-state index in [1.807, 2.05) is 6.07 Å². The van der Waals surface area contributed by atoms with Gasteiger partial charge in [0.15, 0.2) is 0 Å². The van der Waals surface area contributed by atoms with E-state index in [-0.39, 0.29) is 0 Å². The van der Waals surface area contributed by atoms with Gasteiger partial charge in [0.25, 0.3) is 0 Å². The monoisotopic (exact) mass is 249 g/mol. The largest absolute Gasteiger partial charge is 0.370 e. The van der Waals surface area contributed by atoms with Crippen molar-refractivity contribution in [2.75, 3.05) is 25.0 Å². The first-order valence-corrected chi connectivity index (χ1v) is 7.22. The first-order valence-electron chi connectivity index (χ1n) is 7.22. The SMILES string of the molecule is CCCNc1cccc(CN(CCC)CCC)n1. The van der Waals surface area contributed by atoms with Crippen molar-refractivity contribution in [3.8, 4) is 0 Å². The molecule has 0 aliphatic rings. The molecule has 1 N–H and O–H groups in total. The predicted octanol–water partition coefficient (Wildman–Crippen LogP) is 3.53. The van der Waals surface area contributed by atoms with Crippen LogP contribution in [0.4, 0.5) is 5.82 Å². The molecule has 1 rings (SSSR count). The summed E-state index contributed by atoms with van der Waals surface area (Å²) >= 11 is 0. The van der Waals surface area contributed by atoms with Gasteiger partial charge in [-0.25, -0.2) is 4.98 Å². The van der Waals surface area contributed by atoms with Gasteiger partial charge in [0.2, 0.25) is 0 Å². The minimum Gasteiger partial charge on any atom is -0.370 e. The Morgan fingerprint density at radius 2 is 1.78 bits per heavy atom. The minimum absolute atomic E-state index is 0.962. The molecule has 3 heteroatoms. The maximum atomic E-state index is 4.66. The molecule has 0 atom stereocenters. The van der Waals surface area contributed by atoms with Crippen molar-refractivity contribution >= 4 is 5.82 Å². The molecule has 0 aliphatic heterocycles. The summed E-state index contributed by atoms with van der Waals surface area (Å²) in [7, 11) is 0. The fourth-order valence-corrected chi connectivity index (χ4v) is 2.05. The highest BCUT2D eigenvalue weighted by Crippen LogP contribution is 2.08. The van der Waals surface area contributed by atoms with Crippen molar-refractivity contribution in [1.82, 2.24) is 9.88 Å². The summed E-state index contributed by atoms with van der Waals surface area (Å²) in [5, 5.41) is 3.34. The number of hydrogen-bond donors (Lipinski definition) is 1. The van der Waals surface area contributed by atoms with Gasteiger partial charge in [0, 0.05) is 13.1 Å². The molecule has 0 aromatic carbocycles. The van der Waals surface area contributed by atoms with E-state index in [4.69, 9.17) is 0 Å². The average molecular weight is 249 g/mol. The van der Waals surface area contributed by atoms with Gasteiger partial charge in [-0.1, -0.05) is 26.8 Å². The van der Waals surface area contributed by atoms with Crippen LogP contribution in [0.1, 0.15) is 45.7 Å². The number of nitrogens with zero attached hydrogens (tertiary/aromatic N) is 2. The van der Waals surface area contributed by atoms with Gasteiger partial charge >= 0.3 is 0 Å². The second kappa shape index (κ2) is 8.92. The smallest absolute Gasteiger partial charge is 0.126 e. The Labute approximate surface area is 112 Å². The molecular weight excluding hydrogens is 222 g/mol. The topological polar surface area (TPSA) is 28.2 Å². The molecule has 0 bridgehead atoms. The Morgan fingerprint density at radius 3 is 2.39 bits per heavy atom. The van der Waals surface area contributed by atoms with Crippen LogP contribution in [0.5, 0.6) is 0 Å². The van der Waals surface area contributed by atoms with Crippen LogP contribution in [0.25, 0.3) is 0 Å². The van der Waals surface area contributed by atoms with Crippen molar-refractivity contribution in [2.24, 2.45) is 0 Å². The lowest BCUT2D eigenvalue weighted by atomic mass is 10.3. The zero-order valence-electron chi connectivity index (χ0n) is 12.1. The maximum Gasteiger partial charge on any atom is 0.126 e. The van der Waals surface area contributed by atoms with E-state index in [1.165, 1.54) is 12.8 Å². The van der Waals surface area contributed by atoms with E-state index in [9.17, 15) is 0 Å². The van der Waals surface area contributed by atoms with Crippen LogP contribution in [-0.4, -0.2) is 29.5 Å². The van der Waals surface area contributed by atoms with Crippen molar-refractivity contribution in [3.63, 3.8) is 0 Å². The highest BCUT2D eigenvalue weighted by atomic mass is 15.1. The third-order valence-corrected chi connectivity index (χ3v) is 2.83. The van der Waals surface area contributed by atoms with Crippen molar-refractivity contribution < 1.29 is 0 Å². The van der Waals surface area contributed by atoms with Gasteiger partial charge in [-0.15, -0.1) is 0 Å². The quantitative estimate of drug-likeness (QED) is 0.725. The Balaban J connectivity index is 2.58. The molecule has 3 nitrogen and oxygen atoms in total. The van der Waals surface area contributed by atoms with Crippen molar-refractivity contribution in [3.05, 3.63) is 23.9 Å². The fraction of sp³-hybridized carbons (Fsp3) is 0.667. The third-order valence-electron chi connectivity index (χ3n) is 2.83. The van der Waals surface area contributed by atoms with Gasteiger partial charge in [-0.2, -0.15) is 0 Å². The highest BCUT2D eigenvalue weighted by molar-refractivity contribution is 5.35. The maximum absolute atomic E-state index is 4.66. The number of rotatable bonds is 9. The lowest BCUT2D eigenvalue weighted by Crippen LogP contribution is -2.25. The van der Waals surface area contributed by atoms with Crippen LogP contribution >= 0.6 is 0 Å². The summed E-state index contributed by atoms with van der Waals surface area (Å²) in [6.07, 6.45) is 3.53. The molecule has 102 valence electrons. The van der Waals surface area contributed by atoms with E-state index in [1.54, 1.807) is 0 Å². The van der Waals surface area contributed by atoms with Gasteiger partial charge in [0.05, 0.1) is 5.69 Å². The van der Waals surface area contributed by atoms with Crippen molar-refractivity contribution in [1.29, 1.82) is 0 Å². The summed E-state index contributed by atoms with van der Waals surface area (Å²) in [6, 6.07) is 6.26. The standard InChI is InChI=1S/C15H27N3/c1-4-10-16-15-9-7-8-14(17-15)13-18(11-5-2)12-6-3/h7-9H,4-6,10-13H2,1-3H3,(H,16,17). The summed E-state index contributed by atoms with van der Waals surface area (Å²) in [5.74, 6) is 1.00. The summed E-state index contributed by atoms with van der Waals surface area (Å²) in [6.45, 7) is 10.9. The number of anilines is 1. The summed E-state index contributed by atoms with van der Waals surface area (Å²) in [5.41, 5.74) is 1.16. The minimum atomic E-state index is 0.962. The molecule has 0 unspecified atom stereocenters. The lowest BCUT2D eigenvalue weighted by molar-refractivity contribution is 0.263. The Hall–Kier alpha value is -1.09. The van der Waals surface area contributed by atoms with Gasteiger partial charge in [-0.3, -0.25) is 4.90 Å². The van der Waals surface area contributed by atoms with E-state index in [0.717, 1.165) is 44.1 Å². The van der Waals surface area contributed by atoms with E-state index in [0.29, 0.717) is 0 Å². The average Bonchev–Trinajstić information content (AvgIpc) is 2.37. The first-order chi connectivity index (χ1) is 8.80. The molecule has 1 aromatic heterocycles. The number of pyridine rings is 1. The summed E-state index contributed by atoms with van der Waals surface area (Å²) in [4.78, 5) is 7.14. The highest BCUT2D eigenvalue weighted by Gasteiger charge is 2.05. The number of aromatic nitrogens is 1. The van der Waals surface area contributed by atoms with E-state index < -0.39 is 0 Å². The molecule has 0 fully saturated rings. The molecule has 18 heavy (non-hydrogen) atoms. The second-order valence-corrected chi connectivity index (χ2v) is 4.72. The lowest BCUT2D eigenvalue weighted by Gasteiger charge is -2.20. The van der Waals surface area contributed by atoms with Crippen LogP contribution in [0.15, 0.2) is 18.2 Å². The summed E-state index contributed by atoms with van der Waals surface area (Å²) < 4.78 is 0. The van der Waals surface area contributed by atoms with E-state index >= 15 is 0 Å². The fourth-order valence-electron chi connectivity index (χ4n) is 2.05. The molecule has 0 saturated carbocycles. The molecular formula is C15H27N3. The molecule has 1 heterocycles. The van der Waals surface area contributed by atoms with Crippen LogP contribution in [0.2, 0.25) is 0 Å². The predicted molar refractivity (Wildman–Crippen MR) is 78.9 cm³/mol. The van der Waals surface area contributed by atoms with Crippen LogP contribution < -0.4 is 5.32 Å². The second-order valence-electron chi connectivity index (χ2n) is 4.72. The zero-order valence-corrected chi connectivity index (χ0v) is 12.1.